The van der Waals surface area contributed by atoms with Crippen molar-refractivity contribution in [2.75, 3.05) is 0 Å². The summed E-state index contributed by atoms with van der Waals surface area (Å²) in [5.74, 6) is 0. The van der Waals surface area contributed by atoms with Gasteiger partial charge in [0, 0.05) is 18.1 Å². The Bertz CT molecular complexity index is 593. The monoisotopic (exact) mass is 216 g/mol. The lowest BCUT2D eigenvalue weighted by Crippen LogP contribution is -2.34. The summed E-state index contributed by atoms with van der Waals surface area (Å²) in [6.07, 6.45) is 3.95. The number of nitrogens with one attached hydrogen (secondary N) is 1. The molecule has 0 aliphatic rings. The van der Waals surface area contributed by atoms with E-state index >= 15 is 0 Å². The molecular weight excluding hydrogens is 204 g/mol. The Morgan fingerprint density at radius 2 is 1.88 bits per heavy atom. The van der Waals surface area contributed by atoms with Crippen LogP contribution in [0.15, 0.2) is 46.2 Å². The van der Waals surface area contributed by atoms with Gasteiger partial charge in [-0.25, -0.2) is 0 Å². The molecule has 0 saturated carbocycles. The van der Waals surface area contributed by atoms with Crippen LogP contribution in [0.4, 0.5) is 0 Å². The van der Waals surface area contributed by atoms with Gasteiger partial charge in [-0.05, 0) is 24.1 Å². The maximum atomic E-state index is 11.5. The largest absolute Gasteiger partial charge is 0.323 e. The molecule has 2 rings (SSSR count). The standard InChI is InChI=1S/C12H12N2O2/c1-2-9-3-5-10(6-4-9)14-8-7-13-11(15)12(14)16/h3-8H,2H2,1H3,(H,13,15). The van der Waals surface area contributed by atoms with Crippen LogP contribution in [0.3, 0.4) is 0 Å². The lowest BCUT2D eigenvalue weighted by molar-refractivity contribution is 0.926. The highest BCUT2D eigenvalue weighted by Gasteiger charge is 2.01. The van der Waals surface area contributed by atoms with Crippen LogP contribution in [-0.4, -0.2) is 9.55 Å². The number of aryl methyl sites for hydroxylation is 1. The van der Waals surface area contributed by atoms with Crippen molar-refractivity contribution in [3.63, 3.8) is 0 Å². The van der Waals surface area contributed by atoms with E-state index in [1.54, 1.807) is 6.20 Å². The minimum atomic E-state index is -0.609. The summed E-state index contributed by atoms with van der Waals surface area (Å²) in [6, 6.07) is 7.56. The van der Waals surface area contributed by atoms with Gasteiger partial charge in [0.25, 0.3) is 0 Å². The molecular formula is C12H12N2O2. The minimum absolute atomic E-state index is 0.563. The molecule has 1 N–H and O–H groups in total. The Morgan fingerprint density at radius 1 is 1.19 bits per heavy atom. The van der Waals surface area contributed by atoms with Crippen LogP contribution in [0.1, 0.15) is 12.5 Å². The van der Waals surface area contributed by atoms with Crippen molar-refractivity contribution in [3.05, 3.63) is 62.9 Å². The Morgan fingerprint density at radius 3 is 2.50 bits per heavy atom. The first kappa shape index (κ1) is 10.4. The topological polar surface area (TPSA) is 54.9 Å². The van der Waals surface area contributed by atoms with Crippen molar-refractivity contribution < 1.29 is 0 Å². The normalized spacial score (nSPS) is 10.3. The summed E-state index contributed by atoms with van der Waals surface area (Å²) in [7, 11) is 0. The van der Waals surface area contributed by atoms with Crippen molar-refractivity contribution in [2.24, 2.45) is 0 Å². The average molecular weight is 216 g/mol. The molecule has 16 heavy (non-hydrogen) atoms. The summed E-state index contributed by atoms with van der Waals surface area (Å²) in [6.45, 7) is 2.06. The third kappa shape index (κ3) is 1.82. The van der Waals surface area contributed by atoms with Crippen LogP contribution in [0, 0.1) is 0 Å². The summed E-state index contributed by atoms with van der Waals surface area (Å²) in [5.41, 5.74) is 0.726. The Labute approximate surface area is 92.2 Å². The van der Waals surface area contributed by atoms with Crippen molar-refractivity contribution in [2.45, 2.75) is 13.3 Å². The van der Waals surface area contributed by atoms with E-state index in [0.29, 0.717) is 5.69 Å². The Balaban J connectivity index is 2.55. The van der Waals surface area contributed by atoms with E-state index < -0.39 is 11.1 Å². The van der Waals surface area contributed by atoms with E-state index in [0.717, 1.165) is 6.42 Å². The van der Waals surface area contributed by atoms with Gasteiger partial charge in [-0.1, -0.05) is 19.1 Å². The molecule has 0 bridgehead atoms. The van der Waals surface area contributed by atoms with E-state index in [1.165, 1.54) is 16.3 Å². The first-order valence-electron chi connectivity index (χ1n) is 5.12. The third-order valence-corrected chi connectivity index (χ3v) is 2.47. The Kier molecular flexibility index (Phi) is 2.72. The van der Waals surface area contributed by atoms with Crippen LogP contribution in [0.5, 0.6) is 0 Å². The van der Waals surface area contributed by atoms with E-state index in [9.17, 15) is 9.59 Å². The maximum Gasteiger partial charge on any atom is 0.320 e. The smallest absolute Gasteiger partial charge is 0.320 e. The number of hydrogen-bond donors (Lipinski definition) is 1. The van der Waals surface area contributed by atoms with Crippen molar-refractivity contribution in [3.8, 4) is 5.69 Å². The first-order valence-corrected chi connectivity index (χ1v) is 5.12. The van der Waals surface area contributed by atoms with E-state index in [-0.39, 0.29) is 0 Å². The van der Waals surface area contributed by atoms with Gasteiger partial charge in [-0.2, -0.15) is 0 Å². The summed E-state index contributed by atoms with van der Waals surface area (Å²) < 4.78 is 1.33. The number of hydrogen-bond acceptors (Lipinski definition) is 2. The van der Waals surface area contributed by atoms with Crippen LogP contribution in [0.2, 0.25) is 0 Å². The summed E-state index contributed by atoms with van der Waals surface area (Å²) in [5, 5.41) is 0. The highest BCUT2D eigenvalue weighted by molar-refractivity contribution is 5.34. The van der Waals surface area contributed by atoms with Crippen molar-refractivity contribution in [1.29, 1.82) is 0 Å². The molecule has 1 aromatic heterocycles. The molecule has 1 heterocycles. The second-order valence-electron chi connectivity index (χ2n) is 3.48. The molecule has 0 amide bonds. The molecule has 2 aromatic rings. The fourth-order valence-corrected chi connectivity index (χ4v) is 1.52. The molecule has 4 heteroatoms. The van der Waals surface area contributed by atoms with Crippen LogP contribution < -0.4 is 11.1 Å². The van der Waals surface area contributed by atoms with Gasteiger partial charge in [-0.3, -0.25) is 14.2 Å². The molecule has 0 spiro atoms. The molecule has 0 radical (unpaired) electrons. The second kappa shape index (κ2) is 4.18. The van der Waals surface area contributed by atoms with E-state index in [2.05, 4.69) is 11.9 Å². The predicted octanol–water partition coefficient (Wildman–Crippen LogP) is 1.09. The van der Waals surface area contributed by atoms with E-state index in [4.69, 9.17) is 0 Å². The molecule has 1 aromatic carbocycles. The summed E-state index contributed by atoms with van der Waals surface area (Å²) >= 11 is 0. The number of nitrogens with zero attached hydrogens (tertiary/aromatic N) is 1. The number of H-pyrrole nitrogens is 1. The van der Waals surface area contributed by atoms with Crippen molar-refractivity contribution >= 4 is 0 Å². The highest BCUT2D eigenvalue weighted by atomic mass is 16.2. The van der Waals surface area contributed by atoms with Crippen LogP contribution >= 0.6 is 0 Å². The quantitative estimate of drug-likeness (QED) is 0.764. The van der Waals surface area contributed by atoms with Crippen LogP contribution in [-0.2, 0) is 6.42 Å². The molecule has 0 unspecified atom stereocenters. The number of aromatic amines is 1. The molecule has 0 saturated heterocycles. The highest BCUT2D eigenvalue weighted by Crippen LogP contribution is 2.07. The zero-order chi connectivity index (χ0) is 11.5. The second-order valence-corrected chi connectivity index (χ2v) is 3.48. The fourth-order valence-electron chi connectivity index (χ4n) is 1.52. The molecule has 4 nitrogen and oxygen atoms in total. The van der Waals surface area contributed by atoms with Gasteiger partial charge in [-0.15, -0.1) is 0 Å². The van der Waals surface area contributed by atoms with Gasteiger partial charge in [0.2, 0.25) is 0 Å². The SMILES string of the molecule is CCc1ccc(-n2cc[nH]c(=O)c2=O)cc1. The first-order chi connectivity index (χ1) is 7.72. The van der Waals surface area contributed by atoms with Crippen LogP contribution in [0.25, 0.3) is 5.69 Å². The zero-order valence-corrected chi connectivity index (χ0v) is 8.93. The molecule has 82 valence electrons. The lowest BCUT2D eigenvalue weighted by atomic mass is 10.1. The van der Waals surface area contributed by atoms with Gasteiger partial charge in [0.05, 0.1) is 0 Å². The zero-order valence-electron chi connectivity index (χ0n) is 8.93. The Hall–Kier alpha value is -2.10. The summed E-state index contributed by atoms with van der Waals surface area (Å²) in [4.78, 5) is 25.0. The maximum absolute atomic E-state index is 11.5. The van der Waals surface area contributed by atoms with Crippen molar-refractivity contribution in [1.82, 2.24) is 9.55 Å². The van der Waals surface area contributed by atoms with Gasteiger partial charge < -0.3 is 4.98 Å². The molecule has 0 aliphatic carbocycles. The predicted molar refractivity (Wildman–Crippen MR) is 62.0 cm³/mol. The number of aromatic nitrogens is 2. The fraction of sp³-hybridized carbons (Fsp3) is 0.167. The average Bonchev–Trinajstić information content (AvgIpc) is 2.33. The minimum Gasteiger partial charge on any atom is -0.323 e. The van der Waals surface area contributed by atoms with Gasteiger partial charge >= 0.3 is 11.1 Å². The molecule has 0 fully saturated rings. The molecule has 0 atom stereocenters. The number of benzene rings is 1. The molecule has 0 aliphatic heterocycles. The van der Waals surface area contributed by atoms with E-state index in [1.807, 2.05) is 24.3 Å². The third-order valence-electron chi connectivity index (χ3n) is 2.47. The van der Waals surface area contributed by atoms with Gasteiger partial charge in [0.1, 0.15) is 0 Å². The lowest BCUT2D eigenvalue weighted by Gasteiger charge is -2.04. The van der Waals surface area contributed by atoms with Gasteiger partial charge in [0.15, 0.2) is 0 Å². The number of rotatable bonds is 2.